The van der Waals surface area contributed by atoms with E-state index in [1.54, 1.807) is 6.20 Å². The topological polar surface area (TPSA) is 45.2 Å². The Balaban J connectivity index is 1.54. The summed E-state index contributed by atoms with van der Waals surface area (Å²) in [5, 5.41) is 6.12. The molecule has 1 aliphatic heterocycles. The second kappa shape index (κ2) is 7.04. The molecule has 1 amide bonds. The van der Waals surface area contributed by atoms with Crippen LogP contribution in [0.3, 0.4) is 0 Å². The minimum absolute atomic E-state index is 0.110. The third-order valence-corrected chi connectivity index (χ3v) is 6.35. The van der Waals surface area contributed by atoms with Crippen LogP contribution in [0, 0.1) is 17.0 Å². The molecule has 138 valence electrons. The van der Waals surface area contributed by atoms with Crippen LogP contribution in [0.1, 0.15) is 29.8 Å². The maximum atomic E-state index is 14.0. The number of hydrogen-bond acceptors (Lipinski definition) is 4. The summed E-state index contributed by atoms with van der Waals surface area (Å²) >= 11 is 1.51. The third-order valence-electron chi connectivity index (χ3n) is 5.58. The van der Waals surface area contributed by atoms with Crippen LogP contribution in [-0.4, -0.2) is 34.9 Å². The van der Waals surface area contributed by atoms with Gasteiger partial charge in [-0.2, -0.15) is 0 Å². The second-order valence-corrected chi connectivity index (χ2v) is 8.17. The smallest absolute Gasteiger partial charge is 0.227 e. The van der Waals surface area contributed by atoms with Crippen molar-refractivity contribution in [2.24, 2.45) is 5.41 Å². The molecule has 4 rings (SSSR count). The van der Waals surface area contributed by atoms with E-state index in [0.29, 0.717) is 6.54 Å². The number of nitrogens with zero attached hydrogens (tertiary/aromatic N) is 2. The first-order valence-electron chi connectivity index (χ1n) is 8.90. The first-order chi connectivity index (χ1) is 12.6. The van der Waals surface area contributed by atoms with Crippen molar-refractivity contribution in [3.63, 3.8) is 0 Å². The van der Waals surface area contributed by atoms with Crippen molar-refractivity contribution in [1.29, 1.82) is 0 Å². The van der Waals surface area contributed by atoms with E-state index >= 15 is 0 Å². The summed E-state index contributed by atoms with van der Waals surface area (Å²) in [4.78, 5) is 19.1. The molecule has 7 heteroatoms. The summed E-state index contributed by atoms with van der Waals surface area (Å²) in [6.45, 7) is 2.37. The average Bonchev–Trinajstić information content (AvgIpc) is 3.06. The number of aromatic nitrogens is 1. The number of halogens is 2. The van der Waals surface area contributed by atoms with Gasteiger partial charge in [0, 0.05) is 23.2 Å². The lowest BCUT2D eigenvalue weighted by molar-refractivity contribution is -0.132. The Morgan fingerprint density at radius 3 is 2.88 bits per heavy atom. The maximum Gasteiger partial charge on any atom is 0.227 e. The van der Waals surface area contributed by atoms with E-state index in [4.69, 9.17) is 0 Å². The highest BCUT2D eigenvalue weighted by Crippen LogP contribution is 2.56. The fourth-order valence-corrected chi connectivity index (χ4v) is 4.64. The van der Waals surface area contributed by atoms with Crippen LogP contribution < -0.4 is 5.32 Å². The van der Waals surface area contributed by atoms with Gasteiger partial charge in [-0.05, 0) is 56.0 Å². The SMILES string of the molecule is O=C(Cc1cc(F)ccc1F)N(Cc1nccs1)C1CC12CCNCC2. The highest BCUT2D eigenvalue weighted by molar-refractivity contribution is 7.09. The van der Waals surface area contributed by atoms with Gasteiger partial charge in [0.15, 0.2) is 0 Å². The third kappa shape index (κ3) is 3.50. The van der Waals surface area contributed by atoms with E-state index in [2.05, 4.69) is 10.3 Å². The fraction of sp³-hybridized carbons (Fsp3) is 0.474. The number of rotatable bonds is 5. The van der Waals surface area contributed by atoms with Gasteiger partial charge in [0.05, 0.1) is 13.0 Å². The number of amides is 1. The molecule has 1 saturated carbocycles. The van der Waals surface area contributed by atoms with E-state index in [0.717, 1.165) is 55.6 Å². The van der Waals surface area contributed by atoms with Gasteiger partial charge in [-0.15, -0.1) is 11.3 Å². The quantitative estimate of drug-likeness (QED) is 0.871. The molecule has 0 radical (unpaired) electrons. The van der Waals surface area contributed by atoms with Crippen LogP contribution in [0.15, 0.2) is 29.8 Å². The van der Waals surface area contributed by atoms with Crippen molar-refractivity contribution < 1.29 is 13.6 Å². The summed E-state index contributed by atoms with van der Waals surface area (Å²) in [5.74, 6) is -1.23. The van der Waals surface area contributed by atoms with Crippen LogP contribution in [-0.2, 0) is 17.8 Å². The minimum Gasteiger partial charge on any atom is -0.332 e. The predicted octanol–water partition coefficient (Wildman–Crippen LogP) is 3.13. The van der Waals surface area contributed by atoms with Gasteiger partial charge in [0.1, 0.15) is 16.6 Å². The van der Waals surface area contributed by atoms with E-state index < -0.39 is 11.6 Å². The lowest BCUT2D eigenvalue weighted by atomic mass is 9.93. The molecule has 1 aromatic heterocycles. The molecule has 1 spiro atoms. The Bertz CT molecular complexity index is 790. The van der Waals surface area contributed by atoms with Gasteiger partial charge in [-0.1, -0.05) is 0 Å². The summed E-state index contributed by atoms with van der Waals surface area (Å²) in [7, 11) is 0. The van der Waals surface area contributed by atoms with Gasteiger partial charge < -0.3 is 10.2 Å². The maximum absolute atomic E-state index is 14.0. The summed E-state index contributed by atoms with van der Waals surface area (Å²) in [5.41, 5.74) is 0.290. The first kappa shape index (κ1) is 17.5. The van der Waals surface area contributed by atoms with Gasteiger partial charge in [-0.25, -0.2) is 13.8 Å². The molecule has 26 heavy (non-hydrogen) atoms. The molecule has 1 saturated heterocycles. The monoisotopic (exact) mass is 377 g/mol. The standard InChI is InChI=1S/C19H21F2N3OS/c20-14-1-2-15(21)13(9-14)10-18(25)24(12-17-23-7-8-26-17)16-11-19(16)3-5-22-6-4-19/h1-2,7-9,16,22H,3-6,10-12H2. The van der Waals surface area contributed by atoms with E-state index in [1.165, 1.54) is 11.3 Å². The average molecular weight is 377 g/mol. The number of nitrogens with one attached hydrogen (secondary N) is 1. The van der Waals surface area contributed by atoms with E-state index in [1.807, 2.05) is 10.3 Å². The molecule has 2 heterocycles. The zero-order valence-corrected chi connectivity index (χ0v) is 15.2. The summed E-state index contributed by atoms with van der Waals surface area (Å²) in [6.07, 6.45) is 4.68. The fourth-order valence-electron chi connectivity index (χ4n) is 4.02. The molecule has 2 aromatic rings. The molecular weight excluding hydrogens is 356 g/mol. The van der Waals surface area contributed by atoms with Gasteiger partial charge in [0.25, 0.3) is 0 Å². The van der Waals surface area contributed by atoms with Crippen molar-refractivity contribution in [2.75, 3.05) is 13.1 Å². The van der Waals surface area contributed by atoms with Crippen LogP contribution >= 0.6 is 11.3 Å². The Morgan fingerprint density at radius 1 is 1.35 bits per heavy atom. The molecule has 1 aromatic carbocycles. The summed E-state index contributed by atoms with van der Waals surface area (Å²) in [6, 6.07) is 3.43. The van der Waals surface area contributed by atoms with Crippen LogP contribution in [0.2, 0.25) is 0 Å². The molecule has 4 nitrogen and oxygen atoms in total. The second-order valence-electron chi connectivity index (χ2n) is 7.19. The Kier molecular flexibility index (Phi) is 4.75. The molecule has 1 aliphatic carbocycles. The van der Waals surface area contributed by atoms with Crippen molar-refractivity contribution in [1.82, 2.24) is 15.2 Å². The molecule has 1 N–H and O–H groups in total. The Hall–Kier alpha value is -1.86. The number of benzene rings is 1. The summed E-state index contributed by atoms with van der Waals surface area (Å²) < 4.78 is 27.4. The Morgan fingerprint density at radius 2 is 2.15 bits per heavy atom. The number of thiazole rings is 1. The van der Waals surface area contributed by atoms with Crippen molar-refractivity contribution in [3.05, 3.63) is 52.0 Å². The number of carbonyl (C=O) groups is 1. The minimum atomic E-state index is -0.540. The van der Waals surface area contributed by atoms with Crippen molar-refractivity contribution in [3.8, 4) is 0 Å². The van der Waals surface area contributed by atoms with Crippen LogP contribution in [0.4, 0.5) is 8.78 Å². The molecule has 1 unspecified atom stereocenters. The normalized spacial score (nSPS) is 20.9. The highest BCUT2D eigenvalue weighted by atomic mass is 32.1. The van der Waals surface area contributed by atoms with Gasteiger partial charge in [0.2, 0.25) is 5.91 Å². The van der Waals surface area contributed by atoms with E-state index in [-0.39, 0.29) is 29.3 Å². The largest absolute Gasteiger partial charge is 0.332 e. The molecule has 0 bridgehead atoms. The van der Waals surface area contributed by atoms with E-state index in [9.17, 15) is 13.6 Å². The Labute approximate surface area is 155 Å². The molecule has 1 atom stereocenters. The zero-order chi connectivity index (χ0) is 18.1. The zero-order valence-electron chi connectivity index (χ0n) is 14.4. The van der Waals surface area contributed by atoms with Crippen molar-refractivity contribution >= 4 is 17.2 Å². The van der Waals surface area contributed by atoms with Gasteiger partial charge >= 0.3 is 0 Å². The lowest BCUT2D eigenvalue weighted by Crippen LogP contribution is -2.39. The van der Waals surface area contributed by atoms with Crippen molar-refractivity contribution in [2.45, 2.75) is 38.3 Å². The first-order valence-corrected chi connectivity index (χ1v) is 9.78. The highest BCUT2D eigenvalue weighted by Gasteiger charge is 2.57. The molecule has 2 fully saturated rings. The van der Waals surface area contributed by atoms with Crippen LogP contribution in [0.25, 0.3) is 0 Å². The molecular formula is C19H21F2N3OS. The number of piperidine rings is 1. The predicted molar refractivity (Wildman–Crippen MR) is 95.7 cm³/mol. The number of hydrogen-bond donors (Lipinski definition) is 1. The van der Waals surface area contributed by atoms with Gasteiger partial charge in [-0.3, -0.25) is 4.79 Å². The van der Waals surface area contributed by atoms with Crippen LogP contribution in [0.5, 0.6) is 0 Å². The lowest BCUT2D eigenvalue weighted by Gasteiger charge is -2.29. The molecule has 2 aliphatic rings. The number of carbonyl (C=O) groups excluding carboxylic acids is 1.